The molecule has 4 rings (SSSR count). The number of carbonyl (C=O) groups excluding carboxylic acids is 2. The maximum atomic E-state index is 12.5. The maximum Gasteiger partial charge on any atom is 0.325 e. The summed E-state index contributed by atoms with van der Waals surface area (Å²) in [5, 5.41) is 3.15. The molecular weight excluding hydrogens is 366 g/mol. The lowest BCUT2D eigenvalue weighted by molar-refractivity contribution is -0.146. The summed E-state index contributed by atoms with van der Waals surface area (Å²) >= 11 is 0. The van der Waals surface area contributed by atoms with E-state index in [4.69, 9.17) is 4.18 Å². The van der Waals surface area contributed by atoms with Crippen LogP contribution in [0.3, 0.4) is 0 Å². The Bertz CT molecular complexity index is 805. The van der Waals surface area contributed by atoms with Crippen LogP contribution in [0.4, 0.5) is 0 Å². The number of fused-ring (bicyclic) bond motifs is 5. The lowest BCUT2D eigenvalue weighted by atomic mass is 9.48. The average molecular weight is 396 g/mol. The lowest BCUT2D eigenvalue weighted by Crippen LogP contribution is -2.59. The number of carbonyl (C=O) groups is 2. The fourth-order valence-electron chi connectivity index (χ4n) is 6.93. The van der Waals surface area contributed by atoms with E-state index in [1.807, 2.05) is 0 Å². The first kappa shape index (κ1) is 19.0. The largest absolute Gasteiger partial charge is 0.349 e. The normalized spacial score (nSPS) is 46.0. The molecular formula is C20H29NO5S. The summed E-state index contributed by atoms with van der Waals surface area (Å²) in [6.07, 6.45) is 10.3. The molecule has 7 heteroatoms. The van der Waals surface area contributed by atoms with Crippen molar-refractivity contribution in [1.82, 2.24) is 5.32 Å². The summed E-state index contributed by atoms with van der Waals surface area (Å²) in [5.74, 6) is 0.464. The Morgan fingerprint density at radius 1 is 1.15 bits per heavy atom. The molecule has 1 heterocycles. The van der Waals surface area contributed by atoms with Crippen LogP contribution in [0, 0.1) is 34.5 Å². The van der Waals surface area contributed by atoms with E-state index in [9.17, 15) is 18.0 Å². The van der Waals surface area contributed by atoms with Crippen LogP contribution >= 0.6 is 0 Å². The van der Waals surface area contributed by atoms with Gasteiger partial charge in [-0.25, -0.2) is 0 Å². The van der Waals surface area contributed by atoms with Crippen LogP contribution in [-0.2, 0) is 23.9 Å². The first-order valence-corrected chi connectivity index (χ1v) is 11.8. The minimum Gasteiger partial charge on any atom is -0.349 e. The first-order chi connectivity index (χ1) is 12.5. The van der Waals surface area contributed by atoms with Crippen LogP contribution in [0.5, 0.6) is 0 Å². The molecule has 0 bridgehead atoms. The molecule has 7 atom stereocenters. The molecule has 1 aliphatic heterocycles. The standard InChI is InChI=1S/C20H29NO5S/c1-19-10-8-14-12(4-7-16-20(14,2)11-9-17(22)21-16)13(19)5-6-15(19)18(23)26-27(3,24)25/h9,11-16H,4-8,10H2,1-3H3,(H,21,22)/t12?,13?,14?,15?,16?,19-,20+/m0/s1. The monoisotopic (exact) mass is 395 g/mol. The second-order valence-electron chi connectivity index (χ2n) is 9.50. The fraction of sp³-hybridized carbons (Fsp3) is 0.800. The molecule has 4 aliphatic rings. The second kappa shape index (κ2) is 6.06. The van der Waals surface area contributed by atoms with Gasteiger partial charge in [0.05, 0.1) is 12.2 Å². The highest BCUT2D eigenvalue weighted by molar-refractivity contribution is 7.86. The van der Waals surface area contributed by atoms with E-state index in [2.05, 4.69) is 25.2 Å². The molecule has 5 unspecified atom stereocenters. The van der Waals surface area contributed by atoms with Gasteiger partial charge in [0.25, 0.3) is 0 Å². The molecule has 0 saturated heterocycles. The van der Waals surface area contributed by atoms with Gasteiger partial charge in [-0.3, -0.25) is 9.59 Å². The summed E-state index contributed by atoms with van der Waals surface area (Å²) in [6.45, 7) is 4.42. The highest BCUT2D eigenvalue weighted by atomic mass is 32.2. The number of amides is 1. The molecule has 1 N–H and O–H groups in total. The highest BCUT2D eigenvalue weighted by Crippen LogP contribution is 2.65. The van der Waals surface area contributed by atoms with Crippen LogP contribution in [0.15, 0.2) is 12.2 Å². The number of hydrogen-bond acceptors (Lipinski definition) is 5. The predicted molar refractivity (Wildman–Crippen MR) is 99.9 cm³/mol. The lowest BCUT2D eigenvalue weighted by Gasteiger charge is -2.58. The van der Waals surface area contributed by atoms with Gasteiger partial charge in [-0.1, -0.05) is 19.9 Å². The zero-order valence-corrected chi connectivity index (χ0v) is 17.1. The molecule has 150 valence electrons. The third-order valence-electron chi connectivity index (χ3n) is 8.20. The van der Waals surface area contributed by atoms with E-state index in [-0.39, 0.29) is 28.7 Å². The van der Waals surface area contributed by atoms with E-state index in [1.165, 1.54) is 0 Å². The number of nitrogens with one attached hydrogen (secondary N) is 1. The molecule has 3 fully saturated rings. The summed E-state index contributed by atoms with van der Waals surface area (Å²) < 4.78 is 27.6. The summed E-state index contributed by atoms with van der Waals surface area (Å²) in [6, 6.07) is 0.188. The van der Waals surface area contributed by atoms with Gasteiger partial charge in [-0.05, 0) is 67.8 Å². The number of hydrogen-bond donors (Lipinski definition) is 1. The molecule has 3 saturated carbocycles. The zero-order valence-electron chi connectivity index (χ0n) is 16.2. The van der Waals surface area contributed by atoms with Crippen LogP contribution in [0.25, 0.3) is 0 Å². The van der Waals surface area contributed by atoms with Gasteiger partial charge in [0.1, 0.15) is 0 Å². The molecule has 0 aromatic carbocycles. The van der Waals surface area contributed by atoms with Gasteiger partial charge in [0.15, 0.2) is 0 Å². The van der Waals surface area contributed by atoms with Gasteiger partial charge < -0.3 is 9.50 Å². The van der Waals surface area contributed by atoms with Crippen LogP contribution in [-0.4, -0.2) is 32.6 Å². The van der Waals surface area contributed by atoms with Crippen LogP contribution in [0.1, 0.15) is 52.4 Å². The molecule has 0 aromatic heterocycles. The molecule has 1 amide bonds. The minimum atomic E-state index is -3.78. The highest BCUT2D eigenvalue weighted by Gasteiger charge is 2.61. The van der Waals surface area contributed by atoms with Crippen LogP contribution < -0.4 is 5.32 Å². The third kappa shape index (κ3) is 2.93. The molecule has 3 aliphatic carbocycles. The van der Waals surface area contributed by atoms with Gasteiger partial charge in [-0.2, -0.15) is 8.42 Å². The zero-order chi connectivity index (χ0) is 19.6. The van der Waals surface area contributed by atoms with E-state index in [0.717, 1.165) is 38.4 Å². The fourth-order valence-corrected chi connectivity index (χ4v) is 7.34. The van der Waals surface area contributed by atoms with Crippen molar-refractivity contribution in [3.05, 3.63) is 12.2 Å². The Morgan fingerprint density at radius 3 is 2.59 bits per heavy atom. The summed E-state index contributed by atoms with van der Waals surface area (Å²) in [4.78, 5) is 24.3. The third-order valence-corrected chi connectivity index (χ3v) is 8.67. The van der Waals surface area contributed by atoms with Crippen molar-refractivity contribution in [3.63, 3.8) is 0 Å². The Balaban J connectivity index is 1.60. The Hall–Kier alpha value is -1.37. The van der Waals surface area contributed by atoms with Crippen LogP contribution in [0.2, 0.25) is 0 Å². The minimum absolute atomic E-state index is 0.000948. The second-order valence-corrected chi connectivity index (χ2v) is 11.1. The van der Waals surface area contributed by atoms with Crippen molar-refractivity contribution in [2.24, 2.45) is 34.5 Å². The topological polar surface area (TPSA) is 89.5 Å². The smallest absolute Gasteiger partial charge is 0.325 e. The molecule has 0 aromatic rings. The SMILES string of the molecule is C[C@]12C=CC(=O)NC1CCC1C2CC[C@]2(C)C(C(=O)OS(C)(=O)=O)CCC12. The van der Waals surface area contributed by atoms with Gasteiger partial charge >= 0.3 is 16.1 Å². The molecule has 0 radical (unpaired) electrons. The Morgan fingerprint density at radius 2 is 1.89 bits per heavy atom. The van der Waals surface area contributed by atoms with E-state index in [1.54, 1.807) is 6.08 Å². The van der Waals surface area contributed by atoms with E-state index >= 15 is 0 Å². The maximum absolute atomic E-state index is 12.5. The Labute approximate surface area is 161 Å². The van der Waals surface area contributed by atoms with Gasteiger partial charge in [-0.15, -0.1) is 0 Å². The average Bonchev–Trinajstić information content (AvgIpc) is 2.91. The van der Waals surface area contributed by atoms with Crippen molar-refractivity contribution >= 4 is 22.0 Å². The van der Waals surface area contributed by atoms with Crippen molar-refractivity contribution in [2.45, 2.75) is 58.4 Å². The number of rotatable bonds is 2. The quantitative estimate of drug-likeness (QED) is 0.725. The van der Waals surface area contributed by atoms with Crippen molar-refractivity contribution in [2.75, 3.05) is 6.26 Å². The van der Waals surface area contributed by atoms with E-state index < -0.39 is 16.1 Å². The summed E-state index contributed by atoms with van der Waals surface area (Å²) in [7, 11) is -3.78. The molecule has 6 nitrogen and oxygen atoms in total. The van der Waals surface area contributed by atoms with Crippen molar-refractivity contribution in [3.8, 4) is 0 Å². The van der Waals surface area contributed by atoms with Gasteiger partial charge in [0.2, 0.25) is 5.91 Å². The van der Waals surface area contributed by atoms with Gasteiger partial charge in [0, 0.05) is 11.5 Å². The van der Waals surface area contributed by atoms with E-state index in [0.29, 0.717) is 24.2 Å². The first-order valence-electron chi connectivity index (χ1n) is 9.97. The molecule has 27 heavy (non-hydrogen) atoms. The molecule has 0 spiro atoms. The predicted octanol–water partition coefficient (Wildman–Crippen LogP) is 2.40. The Kier molecular flexibility index (Phi) is 4.26. The summed E-state index contributed by atoms with van der Waals surface area (Å²) in [5.41, 5.74) is -0.239. The van der Waals surface area contributed by atoms with Crippen molar-refractivity contribution in [1.29, 1.82) is 0 Å². The van der Waals surface area contributed by atoms with Crippen molar-refractivity contribution < 1.29 is 22.2 Å².